The molecule has 2 amide bonds. The highest BCUT2D eigenvalue weighted by atomic mass is 16.5. The van der Waals surface area contributed by atoms with Crippen molar-refractivity contribution in [3.05, 3.63) is 118 Å². The molecule has 1 heterocycles. The van der Waals surface area contributed by atoms with Crippen LogP contribution in [0.4, 0.5) is 11.4 Å². The number of benzene rings is 4. The summed E-state index contributed by atoms with van der Waals surface area (Å²) < 4.78 is 11.6. The van der Waals surface area contributed by atoms with Crippen LogP contribution in [0.25, 0.3) is 24.3 Å². The molecule has 266 valence electrons. The quantitative estimate of drug-likeness (QED) is 0.0768. The smallest absolute Gasteiger partial charge is 0.261 e. The summed E-state index contributed by atoms with van der Waals surface area (Å²) in [6.07, 6.45) is 13.1. The van der Waals surface area contributed by atoms with Gasteiger partial charge >= 0.3 is 0 Å². The molecule has 0 saturated heterocycles. The number of fused-ring (bicyclic) bond motifs is 1. The highest BCUT2D eigenvalue weighted by molar-refractivity contribution is 6.21. The molecule has 0 radical (unpaired) electrons. The normalized spacial score (nSPS) is 12.6. The first-order chi connectivity index (χ1) is 24.9. The second-order valence-electron chi connectivity index (χ2n) is 12.8. The van der Waals surface area contributed by atoms with Gasteiger partial charge in [-0.25, -0.2) is 0 Å². The van der Waals surface area contributed by atoms with Crippen molar-refractivity contribution in [1.29, 1.82) is 0 Å². The van der Waals surface area contributed by atoms with Crippen molar-refractivity contribution in [3.8, 4) is 11.5 Å². The van der Waals surface area contributed by atoms with Crippen molar-refractivity contribution >= 4 is 47.5 Å². The molecule has 1 aliphatic heterocycles. The molecule has 4 aromatic rings. The van der Waals surface area contributed by atoms with Gasteiger partial charge in [-0.3, -0.25) is 14.5 Å². The minimum atomic E-state index is -0.222. The Balaban J connectivity index is 1.24. The number of anilines is 2. The zero-order valence-corrected chi connectivity index (χ0v) is 30.7. The molecular weight excluding hydrogens is 635 g/mol. The third-order valence-corrected chi connectivity index (χ3v) is 9.43. The van der Waals surface area contributed by atoms with E-state index in [-0.39, 0.29) is 11.8 Å². The van der Waals surface area contributed by atoms with Gasteiger partial charge in [0, 0.05) is 55.2 Å². The molecule has 7 heteroatoms. The maximum absolute atomic E-state index is 12.8. The van der Waals surface area contributed by atoms with Gasteiger partial charge in [-0.2, -0.15) is 0 Å². The van der Waals surface area contributed by atoms with Crippen molar-refractivity contribution in [2.75, 3.05) is 56.7 Å². The Hall–Kier alpha value is -5.30. The molecule has 0 spiro atoms. The second-order valence-corrected chi connectivity index (χ2v) is 12.8. The molecule has 51 heavy (non-hydrogen) atoms. The van der Waals surface area contributed by atoms with Crippen LogP contribution in [0.2, 0.25) is 0 Å². The van der Waals surface area contributed by atoms with Gasteiger partial charge in [0.05, 0.1) is 25.3 Å². The van der Waals surface area contributed by atoms with Gasteiger partial charge in [-0.15, -0.1) is 0 Å². The lowest BCUT2D eigenvalue weighted by atomic mass is 10.0. The molecule has 0 fully saturated rings. The summed E-state index contributed by atoms with van der Waals surface area (Å²) in [5, 5.41) is 0. The van der Waals surface area contributed by atoms with Crippen molar-refractivity contribution in [1.82, 2.24) is 4.90 Å². The molecule has 0 aromatic heterocycles. The van der Waals surface area contributed by atoms with E-state index in [1.54, 1.807) is 38.5 Å². The number of carbonyl (C=O) groups is 2. The van der Waals surface area contributed by atoms with Gasteiger partial charge in [0.15, 0.2) is 0 Å². The maximum atomic E-state index is 12.8. The summed E-state index contributed by atoms with van der Waals surface area (Å²) in [5.41, 5.74) is 7.28. The fourth-order valence-electron chi connectivity index (χ4n) is 6.37. The first-order valence-corrected chi connectivity index (χ1v) is 18.2. The molecule has 0 atom stereocenters. The number of carbonyl (C=O) groups excluding carboxylic acids is 2. The van der Waals surface area contributed by atoms with Gasteiger partial charge < -0.3 is 19.3 Å². The van der Waals surface area contributed by atoms with Crippen LogP contribution in [0, 0.1) is 0 Å². The molecule has 0 N–H and O–H groups in total. The Bertz CT molecular complexity index is 1790. The Morgan fingerprint density at radius 2 is 1.04 bits per heavy atom. The lowest BCUT2D eigenvalue weighted by Gasteiger charge is -2.25. The number of methoxy groups -OCH3 is 2. The summed E-state index contributed by atoms with van der Waals surface area (Å²) >= 11 is 0. The highest BCUT2D eigenvalue weighted by Gasteiger charge is 2.34. The number of nitrogens with zero attached hydrogens (tertiary/aromatic N) is 3. The molecule has 0 unspecified atom stereocenters. The van der Waals surface area contributed by atoms with E-state index in [2.05, 4.69) is 97.3 Å². The van der Waals surface area contributed by atoms with Gasteiger partial charge in [-0.05, 0) is 79.4 Å². The number of amides is 2. The van der Waals surface area contributed by atoms with Crippen LogP contribution in [-0.4, -0.2) is 63.7 Å². The Morgan fingerprint density at radius 3 is 1.45 bits per heavy atom. The summed E-state index contributed by atoms with van der Waals surface area (Å²) in [6, 6.07) is 28.1. The van der Waals surface area contributed by atoms with Gasteiger partial charge in [-0.1, -0.05) is 87.4 Å². The Labute approximate surface area is 303 Å². The third-order valence-electron chi connectivity index (χ3n) is 9.43. The van der Waals surface area contributed by atoms with Crippen LogP contribution >= 0.6 is 0 Å². The molecular formula is C44H51N3O4. The zero-order chi connectivity index (χ0) is 36.2. The van der Waals surface area contributed by atoms with Crippen molar-refractivity contribution in [3.63, 3.8) is 0 Å². The predicted octanol–water partition coefficient (Wildman–Crippen LogP) is 9.57. The average Bonchev–Trinajstić information content (AvgIpc) is 3.42. The summed E-state index contributed by atoms with van der Waals surface area (Å²) in [5.74, 6) is 1.08. The van der Waals surface area contributed by atoms with E-state index in [9.17, 15) is 9.59 Å². The minimum absolute atomic E-state index is 0.222. The SMILES string of the molecule is CCCCN(CCCC)c1ccc(C=Cc2cc(OC)c(C=Cc3ccc(N(CC)CCN4C(=O)c5ccccc5C4=O)cc3)cc2OC)cc1. The number of rotatable bonds is 18. The van der Waals surface area contributed by atoms with E-state index in [4.69, 9.17) is 9.47 Å². The second kappa shape index (κ2) is 18.1. The van der Waals surface area contributed by atoms with Crippen LogP contribution < -0.4 is 19.3 Å². The number of hydrogen-bond donors (Lipinski definition) is 0. The third kappa shape index (κ3) is 9.09. The molecule has 5 rings (SSSR count). The van der Waals surface area contributed by atoms with Crippen LogP contribution in [-0.2, 0) is 0 Å². The van der Waals surface area contributed by atoms with Gasteiger partial charge in [0.2, 0.25) is 0 Å². The van der Waals surface area contributed by atoms with Crippen LogP contribution in [0.1, 0.15) is 89.4 Å². The van der Waals surface area contributed by atoms with Crippen LogP contribution in [0.3, 0.4) is 0 Å². The van der Waals surface area contributed by atoms with E-state index in [1.807, 2.05) is 18.2 Å². The fraction of sp³-hybridized carbons (Fsp3) is 0.318. The van der Waals surface area contributed by atoms with E-state index in [1.165, 1.54) is 36.3 Å². The van der Waals surface area contributed by atoms with Gasteiger partial charge in [0.1, 0.15) is 11.5 Å². The molecule has 1 aliphatic rings. The lowest BCUT2D eigenvalue weighted by Crippen LogP contribution is -2.38. The van der Waals surface area contributed by atoms with Crippen molar-refractivity contribution in [2.24, 2.45) is 0 Å². The average molecular weight is 686 g/mol. The Morgan fingerprint density at radius 1 is 0.588 bits per heavy atom. The first-order valence-electron chi connectivity index (χ1n) is 18.2. The molecule has 7 nitrogen and oxygen atoms in total. The minimum Gasteiger partial charge on any atom is -0.496 e. The van der Waals surface area contributed by atoms with E-state index in [0.717, 1.165) is 59.1 Å². The van der Waals surface area contributed by atoms with E-state index in [0.29, 0.717) is 24.2 Å². The highest BCUT2D eigenvalue weighted by Crippen LogP contribution is 2.32. The monoisotopic (exact) mass is 685 g/mol. The van der Waals surface area contributed by atoms with E-state index >= 15 is 0 Å². The van der Waals surface area contributed by atoms with Gasteiger partial charge in [0.25, 0.3) is 11.8 Å². The maximum Gasteiger partial charge on any atom is 0.261 e. The molecule has 0 bridgehead atoms. The topological polar surface area (TPSA) is 62.3 Å². The number of imide groups is 1. The fourth-order valence-corrected chi connectivity index (χ4v) is 6.37. The largest absolute Gasteiger partial charge is 0.496 e. The number of likely N-dealkylation sites (N-methyl/N-ethyl adjacent to an activating group) is 1. The lowest BCUT2D eigenvalue weighted by molar-refractivity contribution is 0.0658. The van der Waals surface area contributed by atoms with Crippen molar-refractivity contribution in [2.45, 2.75) is 46.5 Å². The zero-order valence-electron chi connectivity index (χ0n) is 30.7. The standard InChI is InChI=1S/C44H51N3O4/c1-6-9-27-46(28-10-7-2)38-25-19-34(20-26-38)16-22-36-32-41(50-4)35(31-42(36)51-5)21-15-33-17-23-37(24-18-33)45(8-3)29-30-47-43(48)39-13-11-12-14-40(39)44(47)49/h11-26,31-32H,6-10,27-30H2,1-5H3. The summed E-state index contributed by atoms with van der Waals surface area (Å²) in [4.78, 5) is 31.6. The molecule has 4 aromatic carbocycles. The summed E-state index contributed by atoms with van der Waals surface area (Å²) in [7, 11) is 3.37. The number of hydrogen-bond acceptors (Lipinski definition) is 6. The molecule has 0 saturated carbocycles. The molecule has 0 aliphatic carbocycles. The van der Waals surface area contributed by atoms with Crippen molar-refractivity contribution < 1.29 is 19.1 Å². The number of unbranched alkanes of at least 4 members (excludes halogenated alkanes) is 2. The van der Waals surface area contributed by atoms with Crippen LogP contribution in [0.15, 0.2) is 84.9 Å². The number of ether oxygens (including phenoxy) is 2. The van der Waals surface area contributed by atoms with Crippen LogP contribution in [0.5, 0.6) is 11.5 Å². The van der Waals surface area contributed by atoms with E-state index < -0.39 is 0 Å². The predicted molar refractivity (Wildman–Crippen MR) is 212 cm³/mol. The first kappa shape index (κ1) is 37.0. The summed E-state index contributed by atoms with van der Waals surface area (Å²) in [6.45, 7) is 10.4. The Kier molecular flexibility index (Phi) is 13.1.